The minimum atomic E-state index is -0.0337. The molecule has 0 atom stereocenters. The van der Waals surface area contributed by atoms with Gasteiger partial charge >= 0.3 is 0 Å². The molecule has 5 rings (SSSR count). The van der Waals surface area contributed by atoms with E-state index in [0.717, 1.165) is 34.1 Å². The molecular formula is C28H26N4O2. The fourth-order valence-electron chi connectivity index (χ4n) is 4.47. The Hall–Kier alpha value is -4.06. The molecular weight excluding hydrogens is 424 g/mol. The lowest BCUT2D eigenvalue weighted by Gasteiger charge is -2.23. The number of nitrogens with zero attached hydrogens (tertiary/aromatic N) is 4. The van der Waals surface area contributed by atoms with Crippen molar-refractivity contribution in [2.75, 3.05) is 26.2 Å². The molecule has 0 unspecified atom stereocenters. The van der Waals surface area contributed by atoms with Crippen LogP contribution in [0.15, 0.2) is 79.1 Å². The van der Waals surface area contributed by atoms with Gasteiger partial charge < -0.3 is 9.80 Å². The number of carbonyl (C=O) groups is 2. The zero-order valence-electron chi connectivity index (χ0n) is 19.1. The molecule has 0 spiro atoms. The second-order valence-electron chi connectivity index (χ2n) is 8.62. The number of para-hydroxylation sites is 1. The summed E-state index contributed by atoms with van der Waals surface area (Å²) >= 11 is 0. The Morgan fingerprint density at radius 1 is 0.824 bits per heavy atom. The summed E-state index contributed by atoms with van der Waals surface area (Å²) in [5.41, 5.74) is 4.75. The van der Waals surface area contributed by atoms with Crippen molar-refractivity contribution in [1.82, 2.24) is 19.8 Å². The van der Waals surface area contributed by atoms with Crippen molar-refractivity contribution in [2.45, 2.75) is 13.3 Å². The predicted octanol–water partition coefficient (Wildman–Crippen LogP) is 4.59. The van der Waals surface area contributed by atoms with Gasteiger partial charge in [0.25, 0.3) is 11.8 Å². The van der Waals surface area contributed by atoms with Gasteiger partial charge in [0.1, 0.15) is 0 Å². The van der Waals surface area contributed by atoms with Crippen LogP contribution < -0.4 is 0 Å². The molecule has 2 amide bonds. The van der Waals surface area contributed by atoms with E-state index in [0.29, 0.717) is 37.3 Å². The van der Waals surface area contributed by atoms with Crippen LogP contribution in [0.3, 0.4) is 0 Å². The van der Waals surface area contributed by atoms with Gasteiger partial charge in [-0.3, -0.25) is 14.6 Å². The summed E-state index contributed by atoms with van der Waals surface area (Å²) < 4.78 is 0. The Morgan fingerprint density at radius 2 is 1.62 bits per heavy atom. The van der Waals surface area contributed by atoms with E-state index in [1.54, 1.807) is 12.4 Å². The van der Waals surface area contributed by atoms with Crippen LogP contribution in [0.25, 0.3) is 22.2 Å². The van der Waals surface area contributed by atoms with Gasteiger partial charge in [0.2, 0.25) is 0 Å². The van der Waals surface area contributed by atoms with E-state index < -0.39 is 0 Å². The number of rotatable bonds is 3. The van der Waals surface area contributed by atoms with Crippen molar-refractivity contribution in [1.29, 1.82) is 0 Å². The lowest BCUT2D eigenvalue weighted by Crippen LogP contribution is -2.37. The zero-order chi connectivity index (χ0) is 23.5. The molecule has 0 N–H and O–H groups in total. The summed E-state index contributed by atoms with van der Waals surface area (Å²) in [5.74, 6) is -0.0141. The molecule has 0 aliphatic carbocycles. The van der Waals surface area contributed by atoms with Crippen LogP contribution in [0.2, 0.25) is 0 Å². The highest BCUT2D eigenvalue weighted by atomic mass is 16.2. The highest BCUT2D eigenvalue weighted by Gasteiger charge is 2.25. The van der Waals surface area contributed by atoms with Crippen LogP contribution in [0.1, 0.15) is 32.7 Å². The van der Waals surface area contributed by atoms with Crippen LogP contribution >= 0.6 is 0 Å². The number of pyridine rings is 2. The second kappa shape index (κ2) is 9.43. The number of carbonyl (C=O) groups excluding carboxylic acids is 2. The highest BCUT2D eigenvalue weighted by Crippen LogP contribution is 2.26. The molecule has 1 fully saturated rings. The van der Waals surface area contributed by atoms with Crippen molar-refractivity contribution < 1.29 is 9.59 Å². The molecule has 3 heterocycles. The van der Waals surface area contributed by atoms with E-state index in [1.165, 1.54) is 0 Å². The molecule has 34 heavy (non-hydrogen) atoms. The van der Waals surface area contributed by atoms with Crippen molar-refractivity contribution in [2.24, 2.45) is 0 Å². The van der Waals surface area contributed by atoms with Gasteiger partial charge in [-0.1, -0.05) is 35.9 Å². The largest absolute Gasteiger partial charge is 0.337 e. The molecule has 6 nitrogen and oxygen atoms in total. The van der Waals surface area contributed by atoms with E-state index in [4.69, 9.17) is 4.98 Å². The number of amides is 2. The van der Waals surface area contributed by atoms with E-state index >= 15 is 0 Å². The quantitative estimate of drug-likeness (QED) is 0.458. The monoisotopic (exact) mass is 450 g/mol. The summed E-state index contributed by atoms with van der Waals surface area (Å²) in [6.07, 6.45) is 4.21. The van der Waals surface area contributed by atoms with Crippen molar-refractivity contribution in [3.63, 3.8) is 0 Å². The Bertz CT molecular complexity index is 1350. The zero-order valence-corrected chi connectivity index (χ0v) is 19.1. The van der Waals surface area contributed by atoms with Crippen molar-refractivity contribution >= 4 is 22.7 Å². The Morgan fingerprint density at radius 3 is 2.38 bits per heavy atom. The minimum Gasteiger partial charge on any atom is -0.337 e. The summed E-state index contributed by atoms with van der Waals surface area (Å²) in [6, 6.07) is 21.1. The number of benzene rings is 2. The summed E-state index contributed by atoms with van der Waals surface area (Å²) in [7, 11) is 0. The number of aryl methyl sites for hydroxylation is 1. The molecule has 0 saturated carbocycles. The van der Waals surface area contributed by atoms with Gasteiger partial charge in [-0.25, -0.2) is 4.98 Å². The van der Waals surface area contributed by atoms with Crippen LogP contribution in [-0.2, 0) is 0 Å². The lowest BCUT2D eigenvalue weighted by atomic mass is 10.0. The molecule has 2 aromatic heterocycles. The molecule has 170 valence electrons. The van der Waals surface area contributed by atoms with Gasteiger partial charge in [-0.15, -0.1) is 0 Å². The topological polar surface area (TPSA) is 66.4 Å². The SMILES string of the molecule is Cc1cccc(C(=O)N2CCCN(C(=O)c3cc(-c4cccnc4)nc4ccccc34)CC2)c1. The molecule has 1 aliphatic heterocycles. The van der Waals surface area contributed by atoms with Crippen LogP contribution in [-0.4, -0.2) is 57.8 Å². The van der Waals surface area contributed by atoms with Crippen molar-refractivity contribution in [3.8, 4) is 11.3 Å². The first-order valence-corrected chi connectivity index (χ1v) is 11.6. The first-order chi connectivity index (χ1) is 16.6. The van der Waals surface area contributed by atoms with Gasteiger partial charge in [-0.2, -0.15) is 0 Å². The van der Waals surface area contributed by atoms with Crippen LogP contribution in [0.4, 0.5) is 0 Å². The third kappa shape index (κ3) is 4.39. The second-order valence-corrected chi connectivity index (χ2v) is 8.62. The van der Waals surface area contributed by atoms with Gasteiger partial charge in [-0.05, 0) is 49.7 Å². The number of aromatic nitrogens is 2. The summed E-state index contributed by atoms with van der Waals surface area (Å²) in [4.78, 5) is 39.4. The Balaban J connectivity index is 1.41. The predicted molar refractivity (Wildman–Crippen MR) is 133 cm³/mol. The summed E-state index contributed by atoms with van der Waals surface area (Å²) in [6.45, 7) is 4.23. The average molecular weight is 451 g/mol. The highest BCUT2D eigenvalue weighted by molar-refractivity contribution is 6.07. The third-order valence-corrected chi connectivity index (χ3v) is 6.24. The lowest BCUT2D eigenvalue weighted by molar-refractivity contribution is 0.0719. The summed E-state index contributed by atoms with van der Waals surface area (Å²) in [5, 5.41) is 0.831. The number of hydrogen-bond donors (Lipinski definition) is 0. The number of hydrogen-bond acceptors (Lipinski definition) is 4. The van der Waals surface area contributed by atoms with E-state index in [9.17, 15) is 9.59 Å². The molecule has 6 heteroatoms. The molecule has 1 aliphatic rings. The third-order valence-electron chi connectivity index (χ3n) is 6.24. The minimum absolute atomic E-state index is 0.0197. The fraction of sp³-hybridized carbons (Fsp3) is 0.214. The average Bonchev–Trinajstić information content (AvgIpc) is 3.14. The standard InChI is InChI=1S/C28H26N4O2/c1-20-7-4-8-21(17-20)27(33)31-13-6-14-32(16-15-31)28(34)24-18-26(22-9-5-12-29-19-22)30-25-11-3-2-10-23(24)25/h2-5,7-12,17-19H,6,13-16H2,1H3. The fourth-order valence-corrected chi connectivity index (χ4v) is 4.47. The van der Waals surface area contributed by atoms with Gasteiger partial charge in [0.05, 0.1) is 16.8 Å². The number of fused-ring (bicyclic) bond motifs is 1. The van der Waals surface area contributed by atoms with Gasteiger partial charge in [0, 0.05) is 55.1 Å². The molecule has 0 bridgehead atoms. The van der Waals surface area contributed by atoms with E-state index in [1.807, 2.05) is 83.5 Å². The molecule has 0 radical (unpaired) electrons. The van der Waals surface area contributed by atoms with Crippen LogP contribution in [0, 0.1) is 6.92 Å². The van der Waals surface area contributed by atoms with E-state index in [-0.39, 0.29) is 11.8 Å². The first kappa shape index (κ1) is 21.8. The maximum absolute atomic E-state index is 13.7. The molecule has 4 aromatic rings. The molecule has 1 saturated heterocycles. The smallest absolute Gasteiger partial charge is 0.254 e. The van der Waals surface area contributed by atoms with Crippen LogP contribution in [0.5, 0.6) is 0 Å². The van der Waals surface area contributed by atoms with Gasteiger partial charge in [0.15, 0.2) is 0 Å². The van der Waals surface area contributed by atoms with E-state index in [2.05, 4.69) is 4.98 Å². The first-order valence-electron chi connectivity index (χ1n) is 11.6. The maximum Gasteiger partial charge on any atom is 0.254 e. The van der Waals surface area contributed by atoms with Crippen molar-refractivity contribution in [3.05, 3.63) is 95.8 Å². The Labute approximate surface area is 198 Å². The maximum atomic E-state index is 13.7. The molecule has 2 aromatic carbocycles. The Kier molecular flexibility index (Phi) is 6.04. The normalized spacial score (nSPS) is 14.1.